The molecule has 0 amide bonds. The highest BCUT2D eigenvalue weighted by Crippen LogP contribution is 2.14. The summed E-state index contributed by atoms with van der Waals surface area (Å²) in [4.78, 5) is 6.21. The number of likely N-dealkylation sites (N-methyl/N-ethyl adjacent to an activating group) is 1. The molecule has 0 radical (unpaired) electrons. The standard InChI is InChI=1S/C9H14ClN3/c1-7(5-11)13(2)9-4-3-8(10)6-12-9/h3-4,6-7H,5,11H2,1-2H3. The van der Waals surface area contributed by atoms with Gasteiger partial charge >= 0.3 is 0 Å². The van der Waals surface area contributed by atoms with Gasteiger partial charge in [-0.05, 0) is 19.1 Å². The molecule has 0 fully saturated rings. The highest BCUT2D eigenvalue weighted by Gasteiger charge is 2.08. The molecule has 0 aromatic carbocycles. The van der Waals surface area contributed by atoms with Crippen molar-refractivity contribution in [2.24, 2.45) is 5.73 Å². The normalized spacial score (nSPS) is 12.6. The zero-order valence-electron chi connectivity index (χ0n) is 7.87. The van der Waals surface area contributed by atoms with Crippen molar-refractivity contribution in [2.45, 2.75) is 13.0 Å². The fraction of sp³-hybridized carbons (Fsp3) is 0.444. The monoisotopic (exact) mass is 199 g/mol. The summed E-state index contributed by atoms with van der Waals surface area (Å²) in [6, 6.07) is 3.99. The fourth-order valence-corrected chi connectivity index (χ4v) is 1.07. The highest BCUT2D eigenvalue weighted by atomic mass is 35.5. The van der Waals surface area contributed by atoms with Crippen LogP contribution in [0.15, 0.2) is 18.3 Å². The molecule has 1 unspecified atom stereocenters. The van der Waals surface area contributed by atoms with Crippen LogP contribution in [0, 0.1) is 0 Å². The summed E-state index contributed by atoms with van der Waals surface area (Å²) in [6.07, 6.45) is 1.64. The van der Waals surface area contributed by atoms with Crippen LogP contribution in [0.25, 0.3) is 0 Å². The van der Waals surface area contributed by atoms with E-state index < -0.39 is 0 Å². The topological polar surface area (TPSA) is 42.1 Å². The van der Waals surface area contributed by atoms with E-state index >= 15 is 0 Å². The zero-order chi connectivity index (χ0) is 9.84. The maximum Gasteiger partial charge on any atom is 0.128 e. The van der Waals surface area contributed by atoms with Gasteiger partial charge in [-0.15, -0.1) is 0 Å². The molecule has 0 saturated heterocycles. The van der Waals surface area contributed by atoms with Crippen molar-refractivity contribution in [1.82, 2.24) is 4.98 Å². The largest absolute Gasteiger partial charge is 0.356 e. The summed E-state index contributed by atoms with van der Waals surface area (Å²) in [7, 11) is 1.97. The van der Waals surface area contributed by atoms with Gasteiger partial charge in [0.1, 0.15) is 5.82 Å². The van der Waals surface area contributed by atoms with E-state index in [1.54, 1.807) is 6.20 Å². The van der Waals surface area contributed by atoms with E-state index in [1.165, 1.54) is 0 Å². The van der Waals surface area contributed by atoms with E-state index in [2.05, 4.69) is 11.9 Å². The molecule has 1 aromatic rings. The Labute approximate surface area is 83.5 Å². The lowest BCUT2D eigenvalue weighted by molar-refractivity contribution is 0.687. The van der Waals surface area contributed by atoms with Gasteiger partial charge in [0.25, 0.3) is 0 Å². The Hall–Kier alpha value is -0.800. The Morgan fingerprint density at radius 3 is 2.77 bits per heavy atom. The van der Waals surface area contributed by atoms with E-state index in [-0.39, 0.29) is 6.04 Å². The molecule has 0 aliphatic heterocycles. The summed E-state index contributed by atoms with van der Waals surface area (Å²) in [5.74, 6) is 0.891. The summed E-state index contributed by atoms with van der Waals surface area (Å²) in [5.41, 5.74) is 5.54. The smallest absolute Gasteiger partial charge is 0.128 e. The van der Waals surface area contributed by atoms with Crippen LogP contribution < -0.4 is 10.6 Å². The SMILES string of the molecule is CC(CN)N(C)c1ccc(Cl)cn1. The van der Waals surface area contributed by atoms with Crippen molar-refractivity contribution < 1.29 is 0 Å². The summed E-state index contributed by atoms with van der Waals surface area (Å²) < 4.78 is 0. The number of nitrogens with two attached hydrogens (primary N) is 1. The van der Waals surface area contributed by atoms with Gasteiger partial charge in [0.15, 0.2) is 0 Å². The quantitative estimate of drug-likeness (QED) is 0.803. The second-order valence-electron chi connectivity index (χ2n) is 3.03. The van der Waals surface area contributed by atoms with Gasteiger partial charge in [0, 0.05) is 25.8 Å². The first-order valence-corrected chi connectivity index (χ1v) is 4.57. The van der Waals surface area contributed by atoms with Crippen molar-refractivity contribution in [3.8, 4) is 0 Å². The third-order valence-corrected chi connectivity index (χ3v) is 2.30. The minimum Gasteiger partial charge on any atom is -0.356 e. The second kappa shape index (κ2) is 4.44. The Morgan fingerprint density at radius 2 is 2.31 bits per heavy atom. The van der Waals surface area contributed by atoms with Crippen LogP contribution in [0.2, 0.25) is 5.02 Å². The predicted octanol–water partition coefficient (Wildman–Crippen LogP) is 1.52. The van der Waals surface area contributed by atoms with Crippen LogP contribution in [0.4, 0.5) is 5.82 Å². The molecule has 2 N–H and O–H groups in total. The first-order chi connectivity index (χ1) is 6.15. The third kappa shape index (κ3) is 2.57. The number of hydrogen-bond donors (Lipinski definition) is 1. The lowest BCUT2D eigenvalue weighted by Gasteiger charge is -2.24. The molecular weight excluding hydrogens is 186 g/mol. The van der Waals surface area contributed by atoms with E-state index in [0.29, 0.717) is 11.6 Å². The van der Waals surface area contributed by atoms with Crippen LogP contribution in [-0.4, -0.2) is 24.6 Å². The highest BCUT2D eigenvalue weighted by molar-refractivity contribution is 6.30. The first-order valence-electron chi connectivity index (χ1n) is 4.19. The number of halogens is 1. The lowest BCUT2D eigenvalue weighted by atomic mass is 10.3. The van der Waals surface area contributed by atoms with Crippen LogP contribution in [0.5, 0.6) is 0 Å². The molecule has 0 spiro atoms. The van der Waals surface area contributed by atoms with Crippen LogP contribution in [-0.2, 0) is 0 Å². The van der Waals surface area contributed by atoms with Crippen molar-refractivity contribution in [2.75, 3.05) is 18.5 Å². The van der Waals surface area contributed by atoms with Gasteiger partial charge in [-0.3, -0.25) is 0 Å². The molecule has 0 bridgehead atoms. The van der Waals surface area contributed by atoms with Crippen molar-refractivity contribution in [1.29, 1.82) is 0 Å². The second-order valence-corrected chi connectivity index (χ2v) is 3.47. The van der Waals surface area contributed by atoms with Crippen LogP contribution in [0.1, 0.15) is 6.92 Å². The van der Waals surface area contributed by atoms with Gasteiger partial charge in [-0.25, -0.2) is 4.98 Å². The van der Waals surface area contributed by atoms with Crippen molar-refractivity contribution in [3.63, 3.8) is 0 Å². The number of aromatic nitrogens is 1. The molecule has 0 aliphatic rings. The first kappa shape index (κ1) is 10.3. The van der Waals surface area contributed by atoms with Gasteiger partial charge in [-0.1, -0.05) is 11.6 Å². The Balaban J connectivity index is 2.77. The van der Waals surface area contributed by atoms with Gasteiger partial charge in [-0.2, -0.15) is 0 Å². The molecule has 1 rings (SSSR count). The minimum absolute atomic E-state index is 0.286. The molecule has 0 saturated carbocycles. The zero-order valence-corrected chi connectivity index (χ0v) is 8.62. The number of nitrogens with zero attached hydrogens (tertiary/aromatic N) is 2. The van der Waals surface area contributed by atoms with Crippen LogP contribution in [0.3, 0.4) is 0 Å². The average Bonchev–Trinajstić information content (AvgIpc) is 2.17. The van der Waals surface area contributed by atoms with Gasteiger partial charge in [0.05, 0.1) is 5.02 Å². The third-order valence-electron chi connectivity index (χ3n) is 2.08. The van der Waals surface area contributed by atoms with Crippen LogP contribution >= 0.6 is 11.6 Å². The van der Waals surface area contributed by atoms with E-state index in [4.69, 9.17) is 17.3 Å². The predicted molar refractivity (Wildman–Crippen MR) is 56.2 cm³/mol. The maximum atomic E-state index is 5.72. The van der Waals surface area contributed by atoms with Crippen molar-refractivity contribution >= 4 is 17.4 Å². The molecule has 1 aromatic heterocycles. The number of hydrogen-bond acceptors (Lipinski definition) is 3. The van der Waals surface area contributed by atoms with E-state index in [9.17, 15) is 0 Å². The molecule has 3 nitrogen and oxygen atoms in total. The Kier molecular flexibility index (Phi) is 3.51. The molecule has 72 valence electrons. The minimum atomic E-state index is 0.286. The molecular formula is C9H14ClN3. The van der Waals surface area contributed by atoms with E-state index in [0.717, 1.165) is 5.82 Å². The maximum absolute atomic E-state index is 5.72. The average molecular weight is 200 g/mol. The Morgan fingerprint density at radius 1 is 1.62 bits per heavy atom. The van der Waals surface area contributed by atoms with Gasteiger partial charge in [0.2, 0.25) is 0 Å². The summed E-state index contributed by atoms with van der Waals surface area (Å²) in [5, 5.41) is 0.651. The van der Waals surface area contributed by atoms with Crippen molar-refractivity contribution in [3.05, 3.63) is 23.4 Å². The van der Waals surface area contributed by atoms with Gasteiger partial charge < -0.3 is 10.6 Å². The summed E-state index contributed by atoms with van der Waals surface area (Å²) in [6.45, 7) is 2.66. The van der Waals surface area contributed by atoms with E-state index in [1.807, 2.05) is 24.1 Å². The Bertz CT molecular complexity index is 260. The lowest BCUT2D eigenvalue weighted by Crippen LogP contribution is -2.35. The molecule has 4 heteroatoms. The molecule has 0 aliphatic carbocycles. The number of pyridine rings is 1. The molecule has 13 heavy (non-hydrogen) atoms. The summed E-state index contributed by atoms with van der Waals surface area (Å²) >= 11 is 5.72. The number of rotatable bonds is 3. The molecule has 1 heterocycles. The number of anilines is 1. The molecule has 1 atom stereocenters. The fourth-order valence-electron chi connectivity index (χ4n) is 0.961.